The normalized spacial score (nSPS) is 23.7. The van der Waals surface area contributed by atoms with Gasteiger partial charge in [-0.05, 0) is 42.9 Å². The number of pyridine rings is 1. The Morgan fingerprint density at radius 3 is 2.57 bits per heavy atom. The van der Waals surface area contributed by atoms with Gasteiger partial charge < -0.3 is 10.6 Å². The van der Waals surface area contributed by atoms with Crippen LogP contribution in [0.5, 0.6) is 0 Å². The van der Waals surface area contributed by atoms with E-state index in [4.69, 9.17) is 0 Å². The first-order valence-electron chi connectivity index (χ1n) is 10.0. The molecule has 1 aromatic heterocycles. The second kappa shape index (κ2) is 8.17. The number of carbonyl (C=O) groups is 1. The zero-order chi connectivity index (χ0) is 21.3. The van der Waals surface area contributed by atoms with Gasteiger partial charge in [-0.1, -0.05) is 24.3 Å². The van der Waals surface area contributed by atoms with Gasteiger partial charge in [0, 0.05) is 30.5 Å². The maximum absolute atomic E-state index is 12.6. The third-order valence-corrected chi connectivity index (χ3v) is 7.07. The summed E-state index contributed by atoms with van der Waals surface area (Å²) in [6.07, 6.45) is 6.18. The smallest absolute Gasteiger partial charge is 0.238 e. The Bertz CT molecular complexity index is 1070. The van der Waals surface area contributed by atoms with Crippen LogP contribution in [0.2, 0.25) is 0 Å². The molecule has 4 atom stereocenters. The van der Waals surface area contributed by atoms with Crippen LogP contribution in [0.25, 0.3) is 11.3 Å². The third-order valence-electron chi connectivity index (χ3n) is 5.97. The van der Waals surface area contributed by atoms with Crippen LogP contribution in [-0.4, -0.2) is 43.7 Å². The lowest BCUT2D eigenvalue weighted by molar-refractivity contribution is -0.124. The summed E-state index contributed by atoms with van der Waals surface area (Å²) in [4.78, 5) is 17.0. The maximum atomic E-state index is 12.6. The van der Waals surface area contributed by atoms with E-state index >= 15 is 0 Å². The third kappa shape index (κ3) is 4.37. The SMILES string of the molecule is CS(=O)(=O)c1ccc(-c2ccc(C[C@@H](C#N)NC(=O)[C@H]3N[C@@H]4CC[C@H]3C4)cc2)nc1. The van der Waals surface area contributed by atoms with Crippen molar-refractivity contribution in [1.82, 2.24) is 15.6 Å². The summed E-state index contributed by atoms with van der Waals surface area (Å²) in [5, 5.41) is 15.7. The first kappa shape index (κ1) is 20.5. The summed E-state index contributed by atoms with van der Waals surface area (Å²) in [6.45, 7) is 0. The average molecular weight is 425 g/mol. The van der Waals surface area contributed by atoms with Crippen molar-refractivity contribution in [3.05, 3.63) is 48.2 Å². The Balaban J connectivity index is 1.38. The average Bonchev–Trinajstić information content (AvgIpc) is 3.37. The number of carbonyl (C=O) groups excluding carboxylic acids is 1. The fraction of sp³-hybridized carbons (Fsp3) is 0.409. The Kier molecular flexibility index (Phi) is 5.58. The lowest BCUT2D eigenvalue weighted by Crippen LogP contribution is -2.50. The molecule has 30 heavy (non-hydrogen) atoms. The zero-order valence-electron chi connectivity index (χ0n) is 16.7. The molecule has 2 heterocycles. The number of piperidine rings is 1. The molecule has 0 radical (unpaired) electrons. The molecule has 1 amide bonds. The minimum absolute atomic E-state index is 0.0828. The number of benzene rings is 1. The minimum atomic E-state index is -3.28. The van der Waals surface area contributed by atoms with Gasteiger partial charge in [0.25, 0.3) is 0 Å². The number of hydrogen-bond acceptors (Lipinski definition) is 6. The predicted octanol–water partition coefficient (Wildman–Crippen LogP) is 1.84. The van der Waals surface area contributed by atoms with E-state index < -0.39 is 15.9 Å². The monoisotopic (exact) mass is 424 g/mol. The number of nitrogens with one attached hydrogen (secondary N) is 2. The van der Waals surface area contributed by atoms with Crippen LogP contribution in [0.1, 0.15) is 24.8 Å². The van der Waals surface area contributed by atoms with Gasteiger partial charge in [-0.2, -0.15) is 5.26 Å². The molecule has 156 valence electrons. The van der Waals surface area contributed by atoms with Crippen molar-refractivity contribution in [1.29, 1.82) is 5.26 Å². The number of hydrogen-bond donors (Lipinski definition) is 2. The van der Waals surface area contributed by atoms with Gasteiger partial charge in [0.2, 0.25) is 5.91 Å². The van der Waals surface area contributed by atoms with Crippen LogP contribution in [0.4, 0.5) is 0 Å². The van der Waals surface area contributed by atoms with E-state index in [-0.39, 0.29) is 16.8 Å². The van der Waals surface area contributed by atoms with Crippen molar-refractivity contribution in [2.75, 3.05) is 6.26 Å². The highest BCUT2D eigenvalue weighted by Gasteiger charge is 2.43. The number of aromatic nitrogens is 1. The molecule has 2 aromatic rings. The molecule has 0 spiro atoms. The van der Waals surface area contributed by atoms with Gasteiger partial charge in [-0.3, -0.25) is 9.78 Å². The predicted molar refractivity (Wildman–Crippen MR) is 112 cm³/mol. The lowest BCUT2D eigenvalue weighted by atomic mass is 9.98. The van der Waals surface area contributed by atoms with Crippen LogP contribution >= 0.6 is 0 Å². The Morgan fingerprint density at radius 1 is 1.27 bits per heavy atom. The minimum Gasteiger partial charge on any atom is -0.339 e. The van der Waals surface area contributed by atoms with E-state index in [2.05, 4.69) is 21.7 Å². The number of fused-ring (bicyclic) bond motifs is 2. The van der Waals surface area contributed by atoms with E-state index in [1.165, 1.54) is 12.3 Å². The van der Waals surface area contributed by atoms with Gasteiger partial charge in [0.05, 0.1) is 22.7 Å². The first-order chi connectivity index (χ1) is 14.3. The molecule has 0 unspecified atom stereocenters. The highest BCUT2D eigenvalue weighted by atomic mass is 32.2. The topological polar surface area (TPSA) is 112 Å². The zero-order valence-corrected chi connectivity index (χ0v) is 17.5. The van der Waals surface area contributed by atoms with E-state index in [1.54, 1.807) is 6.07 Å². The summed E-state index contributed by atoms with van der Waals surface area (Å²) >= 11 is 0. The molecule has 2 aliphatic rings. The van der Waals surface area contributed by atoms with Gasteiger partial charge in [-0.15, -0.1) is 0 Å². The largest absolute Gasteiger partial charge is 0.339 e. The Morgan fingerprint density at radius 2 is 2.03 bits per heavy atom. The highest BCUT2D eigenvalue weighted by Crippen LogP contribution is 2.35. The molecule has 8 heteroatoms. The van der Waals surface area contributed by atoms with E-state index in [0.717, 1.165) is 36.6 Å². The van der Waals surface area contributed by atoms with E-state index in [9.17, 15) is 18.5 Å². The van der Waals surface area contributed by atoms with Gasteiger partial charge >= 0.3 is 0 Å². The molecule has 2 N–H and O–H groups in total. The number of amides is 1. The van der Waals surface area contributed by atoms with Gasteiger partial charge in [0.1, 0.15) is 6.04 Å². The van der Waals surface area contributed by atoms with Gasteiger partial charge in [0.15, 0.2) is 9.84 Å². The summed E-state index contributed by atoms with van der Waals surface area (Å²) in [7, 11) is -3.28. The van der Waals surface area contributed by atoms with Crippen molar-refractivity contribution >= 4 is 15.7 Å². The molecule has 7 nitrogen and oxygen atoms in total. The first-order valence-corrected chi connectivity index (χ1v) is 11.9. The second-order valence-electron chi connectivity index (χ2n) is 8.16. The molecule has 1 saturated carbocycles. The summed E-state index contributed by atoms with van der Waals surface area (Å²) in [5.74, 6) is 0.302. The maximum Gasteiger partial charge on any atom is 0.238 e. The quantitative estimate of drug-likeness (QED) is 0.732. The van der Waals surface area contributed by atoms with Crippen LogP contribution in [0.15, 0.2) is 47.5 Å². The lowest BCUT2D eigenvalue weighted by Gasteiger charge is -2.23. The van der Waals surface area contributed by atoms with E-state index in [1.807, 2.05) is 24.3 Å². The molecule has 4 rings (SSSR count). The highest BCUT2D eigenvalue weighted by molar-refractivity contribution is 7.90. The van der Waals surface area contributed by atoms with Crippen LogP contribution in [-0.2, 0) is 21.1 Å². The van der Waals surface area contributed by atoms with Crippen molar-refractivity contribution in [2.24, 2.45) is 5.92 Å². The second-order valence-corrected chi connectivity index (χ2v) is 10.2. The number of rotatable bonds is 6. The Labute approximate surface area is 176 Å². The standard InChI is InChI=1S/C22H24N4O3S/c1-30(28,29)19-8-9-20(24-13-19)15-4-2-14(3-5-15)10-18(12-23)26-22(27)21-16-6-7-17(11-16)25-21/h2-5,8-9,13,16-18,21,25H,6-7,10-11H2,1H3,(H,26,27)/t16-,17+,18-,21-/m0/s1. The summed E-state index contributed by atoms with van der Waals surface area (Å²) in [6, 6.07) is 12.6. The van der Waals surface area contributed by atoms with Crippen LogP contribution < -0.4 is 10.6 Å². The number of nitriles is 1. The fourth-order valence-electron chi connectivity index (χ4n) is 4.36. The molecule has 1 saturated heterocycles. The molecule has 1 aromatic carbocycles. The molecule has 1 aliphatic carbocycles. The molecular formula is C22H24N4O3S. The Hall–Kier alpha value is -2.76. The summed E-state index contributed by atoms with van der Waals surface area (Å²) in [5.41, 5.74) is 2.45. The van der Waals surface area contributed by atoms with E-state index in [0.29, 0.717) is 24.1 Å². The molecule has 2 bridgehead atoms. The summed E-state index contributed by atoms with van der Waals surface area (Å²) < 4.78 is 23.1. The molecule has 2 fully saturated rings. The molecule has 1 aliphatic heterocycles. The van der Waals surface area contributed by atoms with Crippen molar-refractivity contribution < 1.29 is 13.2 Å². The fourth-order valence-corrected chi connectivity index (χ4v) is 4.92. The van der Waals surface area contributed by atoms with Gasteiger partial charge in [-0.25, -0.2) is 8.42 Å². The molecular weight excluding hydrogens is 400 g/mol. The number of sulfone groups is 1. The van der Waals surface area contributed by atoms with Crippen molar-refractivity contribution in [3.8, 4) is 17.3 Å². The van der Waals surface area contributed by atoms with Crippen molar-refractivity contribution in [2.45, 2.75) is 48.7 Å². The number of nitrogens with zero attached hydrogens (tertiary/aromatic N) is 2. The van der Waals surface area contributed by atoms with Crippen LogP contribution in [0.3, 0.4) is 0 Å². The van der Waals surface area contributed by atoms with Crippen molar-refractivity contribution in [3.63, 3.8) is 0 Å². The van der Waals surface area contributed by atoms with Crippen LogP contribution in [0, 0.1) is 17.2 Å².